The fourth-order valence-electron chi connectivity index (χ4n) is 2.03. The smallest absolute Gasteiger partial charge is 0.417 e. The van der Waals surface area contributed by atoms with Gasteiger partial charge in [0.05, 0.1) is 17.1 Å². The molecule has 0 aliphatic heterocycles. The predicted molar refractivity (Wildman–Crippen MR) is 85.2 cm³/mol. The minimum absolute atomic E-state index is 0.0113. The molecule has 2 rings (SSSR count). The Kier molecular flexibility index (Phi) is 5.69. The average molecular weight is 375 g/mol. The zero-order chi connectivity index (χ0) is 18.7. The molecule has 5 nitrogen and oxygen atoms in total. The Morgan fingerprint density at radius 2 is 1.76 bits per heavy atom. The molecular formula is C16H16F3NO4S. The Morgan fingerprint density at radius 3 is 2.28 bits per heavy atom. The largest absolute Gasteiger partial charge is 0.475 e. The number of alkyl halides is 3. The lowest BCUT2D eigenvalue weighted by Crippen LogP contribution is -2.09. The number of sulfone groups is 1. The normalized spacial score (nSPS) is 12.2. The van der Waals surface area contributed by atoms with Crippen molar-refractivity contribution in [2.75, 3.05) is 26.6 Å². The van der Waals surface area contributed by atoms with E-state index >= 15 is 0 Å². The molecule has 0 fully saturated rings. The van der Waals surface area contributed by atoms with Gasteiger partial charge in [-0.05, 0) is 23.8 Å². The van der Waals surface area contributed by atoms with Crippen LogP contribution in [0.5, 0.6) is 5.88 Å². The van der Waals surface area contributed by atoms with Crippen LogP contribution >= 0.6 is 0 Å². The second-order valence-electron chi connectivity index (χ2n) is 5.21. The SMILES string of the molecule is COCCOc1ncc(C(F)(F)F)cc1-c1ccc(S(C)(=O)=O)cc1. The van der Waals surface area contributed by atoms with Gasteiger partial charge in [0.15, 0.2) is 9.84 Å². The van der Waals surface area contributed by atoms with Gasteiger partial charge in [-0.25, -0.2) is 13.4 Å². The number of nitrogens with zero attached hydrogens (tertiary/aromatic N) is 1. The van der Waals surface area contributed by atoms with E-state index in [0.29, 0.717) is 11.8 Å². The minimum atomic E-state index is -4.56. The topological polar surface area (TPSA) is 65.5 Å². The third kappa shape index (κ3) is 4.93. The van der Waals surface area contributed by atoms with Crippen molar-refractivity contribution >= 4 is 9.84 Å². The van der Waals surface area contributed by atoms with Crippen molar-refractivity contribution in [1.29, 1.82) is 0 Å². The second-order valence-corrected chi connectivity index (χ2v) is 7.23. The molecule has 136 valence electrons. The highest BCUT2D eigenvalue weighted by atomic mass is 32.2. The van der Waals surface area contributed by atoms with E-state index < -0.39 is 21.6 Å². The van der Waals surface area contributed by atoms with E-state index in [2.05, 4.69) is 4.98 Å². The van der Waals surface area contributed by atoms with Crippen LogP contribution < -0.4 is 4.74 Å². The van der Waals surface area contributed by atoms with Gasteiger partial charge in [0.1, 0.15) is 6.61 Å². The molecule has 0 unspecified atom stereocenters. The van der Waals surface area contributed by atoms with Crippen molar-refractivity contribution in [3.63, 3.8) is 0 Å². The number of benzene rings is 1. The first-order chi connectivity index (χ1) is 11.6. The fourth-order valence-corrected chi connectivity index (χ4v) is 2.66. The van der Waals surface area contributed by atoms with Crippen LogP contribution in [0.3, 0.4) is 0 Å². The number of pyridine rings is 1. The molecule has 1 aromatic heterocycles. The summed E-state index contributed by atoms with van der Waals surface area (Å²) < 4.78 is 72.1. The van der Waals surface area contributed by atoms with Crippen LogP contribution in [-0.4, -0.2) is 40.0 Å². The number of hydrogen-bond donors (Lipinski definition) is 0. The predicted octanol–water partition coefficient (Wildman–Crippen LogP) is 3.20. The standard InChI is InChI=1S/C16H16F3NO4S/c1-23-7-8-24-15-14(9-12(10-20-15)16(17,18)19)11-3-5-13(6-4-11)25(2,21)22/h3-6,9-10H,7-8H2,1-2H3. The molecule has 0 saturated carbocycles. The maximum absolute atomic E-state index is 13.0. The molecule has 0 aliphatic rings. The van der Waals surface area contributed by atoms with Crippen molar-refractivity contribution in [2.45, 2.75) is 11.1 Å². The first-order valence-electron chi connectivity index (χ1n) is 7.12. The molecule has 2 aromatic rings. The Hall–Kier alpha value is -2.13. The van der Waals surface area contributed by atoms with E-state index in [9.17, 15) is 21.6 Å². The van der Waals surface area contributed by atoms with E-state index in [4.69, 9.17) is 9.47 Å². The molecule has 0 aliphatic carbocycles. The molecule has 0 bridgehead atoms. The highest BCUT2D eigenvalue weighted by molar-refractivity contribution is 7.90. The van der Waals surface area contributed by atoms with Gasteiger partial charge in [0.2, 0.25) is 5.88 Å². The molecular weight excluding hydrogens is 359 g/mol. The number of ether oxygens (including phenoxy) is 2. The van der Waals surface area contributed by atoms with Gasteiger partial charge < -0.3 is 9.47 Å². The average Bonchev–Trinajstić information content (AvgIpc) is 2.53. The van der Waals surface area contributed by atoms with Crippen LogP contribution in [0.4, 0.5) is 13.2 Å². The summed E-state index contributed by atoms with van der Waals surface area (Å²) in [6.45, 7) is 0.360. The summed E-state index contributed by atoms with van der Waals surface area (Å²) in [5.41, 5.74) is -0.446. The Morgan fingerprint density at radius 1 is 1.12 bits per heavy atom. The third-order valence-electron chi connectivity index (χ3n) is 3.30. The van der Waals surface area contributed by atoms with Crippen LogP contribution in [-0.2, 0) is 20.8 Å². The van der Waals surface area contributed by atoms with Crippen LogP contribution in [0.25, 0.3) is 11.1 Å². The molecule has 0 saturated heterocycles. The minimum Gasteiger partial charge on any atom is -0.475 e. The van der Waals surface area contributed by atoms with Gasteiger partial charge in [-0.1, -0.05) is 12.1 Å². The molecule has 0 atom stereocenters. The van der Waals surface area contributed by atoms with Gasteiger partial charge in [-0.3, -0.25) is 0 Å². The van der Waals surface area contributed by atoms with Crippen LogP contribution in [0, 0.1) is 0 Å². The van der Waals surface area contributed by atoms with E-state index in [1.54, 1.807) is 0 Å². The Balaban J connectivity index is 2.47. The molecule has 1 heterocycles. The van der Waals surface area contributed by atoms with Gasteiger partial charge in [-0.2, -0.15) is 13.2 Å². The Labute approximate surface area is 143 Å². The van der Waals surface area contributed by atoms with Crippen LogP contribution in [0.1, 0.15) is 5.56 Å². The van der Waals surface area contributed by atoms with Gasteiger partial charge >= 0.3 is 6.18 Å². The summed E-state index contributed by atoms with van der Waals surface area (Å²) >= 11 is 0. The summed E-state index contributed by atoms with van der Waals surface area (Å²) in [7, 11) is -1.94. The zero-order valence-corrected chi connectivity index (χ0v) is 14.3. The number of hydrogen-bond acceptors (Lipinski definition) is 5. The molecule has 1 aromatic carbocycles. The highest BCUT2D eigenvalue weighted by Gasteiger charge is 2.32. The summed E-state index contributed by atoms with van der Waals surface area (Å²) in [5, 5.41) is 0. The van der Waals surface area contributed by atoms with Crippen molar-refractivity contribution in [3.8, 4) is 17.0 Å². The molecule has 0 radical (unpaired) electrons. The number of rotatable bonds is 6. The van der Waals surface area contributed by atoms with Gasteiger partial charge in [0.25, 0.3) is 0 Å². The Bertz CT molecular complexity index is 833. The second kappa shape index (κ2) is 7.40. The number of halogens is 3. The van der Waals surface area contributed by atoms with Crippen molar-refractivity contribution in [2.24, 2.45) is 0 Å². The van der Waals surface area contributed by atoms with Crippen molar-refractivity contribution < 1.29 is 31.1 Å². The summed E-state index contributed by atoms with van der Waals surface area (Å²) in [5.74, 6) is 0.0113. The summed E-state index contributed by atoms with van der Waals surface area (Å²) in [6, 6.07) is 6.39. The van der Waals surface area contributed by atoms with E-state index in [0.717, 1.165) is 12.3 Å². The zero-order valence-electron chi connectivity index (χ0n) is 13.5. The lowest BCUT2D eigenvalue weighted by atomic mass is 10.1. The highest BCUT2D eigenvalue weighted by Crippen LogP contribution is 2.36. The van der Waals surface area contributed by atoms with Crippen molar-refractivity contribution in [1.82, 2.24) is 4.98 Å². The van der Waals surface area contributed by atoms with Crippen molar-refractivity contribution in [3.05, 3.63) is 42.1 Å². The molecule has 0 N–H and O–H groups in total. The van der Waals surface area contributed by atoms with E-state index in [-0.39, 0.29) is 29.6 Å². The van der Waals surface area contributed by atoms with Crippen LogP contribution in [0.15, 0.2) is 41.4 Å². The number of methoxy groups -OCH3 is 1. The lowest BCUT2D eigenvalue weighted by Gasteiger charge is -2.14. The maximum Gasteiger partial charge on any atom is 0.417 e. The third-order valence-corrected chi connectivity index (χ3v) is 4.43. The number of aromatic nitrogens is 1. The summed E-state index contributed by atoms with van der Waals surface area (Å²) in [4.78, 5) is 3.82. The fraction of sp³-hybridized carbons (Fsp3) is 0.312. The van der Waals surface area contributed by atoms with E-state index in [1.165, 1.54) is 31.4 Å². The lowest BCUT2D eigenvalue weighted by molar-refractivity contribution is -0.137. The quantitative estimate of drug-likeness (QED) is 0.726. The maximum atomic E-state index is 13.0. The monoisotopic (exact) mass is 375 g/mol. The molecule has 9 heteroatoms. The first kappa shape index (κ1) is 19.2. The van der Waals surface area contributed by atoms with Crippen LogP contribution in [0.2, 0.25) is 0 Å². The summed E-state index contributed by atoms with van der Waals surface area (Å²) in [6.07, 6.45) is -2.82. The molecule has 25 heavy (non-hydrogen) atoms. The molecule has 0 amide bonds. The molecule has 0 spiro atoms. The van der Waals surface area contributed by atoms with E-state index in [1.807, 2.05) is 0 Å². The first-order valence-corrected chi connectivity index (χ1v) is 9.01. The van der Waals surface area contributed by atoms with Gasteiger partial charge in [-0.15, -0.1) is 0 Å². The van der Waals surface area contributed by atoms with Gasteiger partial charge in [0, 0.05) is 25.1 Å².